The molecule has 0 aromatic heterocycles. The van der Waals surface area contributed by atoms with Gasteiger partial charge in [0, 0.05) is 6.67 Å². The van der Waals surface area contributed by atoms with Crippen LogP contribution in [0.3, 0.4) is 0 Å². The van der Waals surface area contributed by atoms with E-state index in [0.29, 0.717) is 19.8 Å². The SMILES string of the molecule is O=CCNCNCC=O. The first-order chi connectivity index (χ1) is 4.41. The Morgan fingerprint density at radius 1 is 1.00 bits per heavy atom. The van der Waals surface area contributed by atoms with E-state index in [2.05, 4.69) is 10.6 Å². The largest absolute Gasteiger partial charge is 0.302 e. The molecular formula is C5H10N2O2. The first-order valence-corrected chi connectivity index (χ1v) is 2.70. The normalized spacial score (nSPS) is 8.89. The van der Waals surface area contributed by atoms with E-state index in [1.807, 2.05) is 0 Å². The molecule has 9 heavy (non-hydrogen) atoms. The third-order valence-corrected chi connectivity index (χ3v) is 0.705. The minimum Gasteiger partial charge on any atom is -0.302 e. The summed E-state index contributed by atoms with van der Waals surface area (Å²) >= 11 is 0. The molecule has 0 aromatic rings. The fourth-order valence-corrected chi connectivity index (χ4v) is 0.351. The van der Waals surface area contributed by atoms with Gasteiger partial charge in [0.05, 0.1) is 13.1 Å². The van der Waals surface area contributed by atoms with Crippen LogP contribution in [0.15, 0.2) is 0 Å². The lowest BCUT2D eigenvalue weighted by Crippen LogP contribution is -2.31. The lowest BCUT2D eigenvalue weighted by Gasteiger charge is -1.97. The first-order valence-electron chi connectivity index (χ1n) is 2.70. The summed E-state index contributed by atoms with van der Waals surface area (Å²) in [6.45, 7) is 1.15. The molecule has 52 valence electrons. The van der Waals surface area contributed by atoms with Gasteiger partial charge in [0.25, 0.3) is 0 Å². The maximum atomic E-state index is 9.68. The van der Waals surface area contributed by atoms with Crippen LogP contribution in [0.5, 0.6) is 0 Å². The van der Waals surface area contributed by atoms with Crippen LogP contribution >= 0.6 is 0 Å². The topological polar surface area (TPSA) is 58.2 Å². The van der Waals surface area contributed by atoms with Crippen LogP contribution in [0.2, 0.25) is 0 Å². The fourth-order valence-electron chi connectivity index (χ4n) is 0.351. The predicted octanol–water partition coefficient (Wildman–Crippen LogP) is -1.48. The monoisotopic (exact) mass is 130 g/mol. The van der Waals surface area contributed by atoms with E-state index in [-0.39, 0.29) is 0 Å². The fraction of sp³-hybridized carbons (Fsp3) is 0.600. The molecule has 0 aromatic carbocycles. The maximum Gasteiger partial charge on any atom is 0.133 e. The maximum absolute atomic E-state index is 9.68. The molecule has 0 saturated carbocycles. The van der Waals surface area contributed by atoms with Gasteiger partial charge in [-0.25, -0.2) is 0 Å². The molecule has 0 aliphatic heterocycles. The molecule has 0 radical (unpaired) electrons. The Kier molecular flexibility index (Phi) is 6.66. The number of aldehydes is 2. The Bertz CT molecular complexity index is 75.0. The van der Waals surface area contributed by atoms with Gasteiger partial charge in [-0.05, 0) is 0 Å². The van der Waals surface area contributed by atoms with Gasteiger partial charge in [0.1, 0.15) is 12.6 Å². The van der Waals surface area contributed by atoms with E-state index < -0.39 is 0 Å². The number of carbonyl (C=O) groups excluding carboxylic acids is 2. The molecule has 0 unspecified atom stereocenters. The van der Waals surface area contributed by atoms with Crippen LogP contribution < -0.4 is 10.6 Å². The highest BCUT2D eigenvalue weighted by Gasteiger charge is 1.80. The summed E-state index contributed by atoms with van der Waals surface area (Å²) in [5.74, 6) is 0. The van der Waals surface area contributed by atoms with Gasteiger partial charge in [-0.15, -0.1) is 0 Å². The van der Waals surface area contributed by atoms with E-state index >= 15 is 0 Å². The van der Waals surface area contributed by atoms with Crippen molar-refractivity contribution >= 4 is 12.6 Å². The van der Waals surface area contributed by atoms with Crippen LogP contribution in [0.1, 0.15) is 0 Å². The zero-order valence-electron chi connectivity index (χ0n) is 5.09. The van der Waals surface area contributed by atoms with Crippen molar-refractivity contribution in [3.05, 3.63) is 0 Å². The lowest BCUT2D eigenvalue weighted by atomic mass is 10.7. The van der Waals surface area contributed by atoms with Crippen LogP contribution in [-0.2, 0) is 9.59 Å². The molecule has 0 amide bonds. The molecule has 4 heteroatoms. The molecule has 0 aliphatic carbocycles. The summed E-state index contributed by atoms with van der Waals surface area (Å²) in [7, 11) is 0. The average molecular weight is 130 g/mol. The molecule has 2 N–H and O–H groups in total. The summed E-state index contributed by atoms with van der Waals surface area (Å²) in [6.07, 6.45) is 1.53. The number of nitrogens with one attached hydrogen (secondary N) is 2. The number of hydrogen-bond donors (Lipinski definition) is 2. The van der Waals surface area contributed by atoms with Crippen molar-refractivity contribution in [2.24, 2.45) is 0 Å². The molecule has 0 saturated heterocycles. The first kappa shape index (κ1) is 8.26. The molecule has 0 bridgehead atoms. The highest BCUT2D eigenvalue weighted by atomic mass is 16.1. The molecular weight excluding hydrogens is 120 g/mol. The van der Waals surface area contributed by atoms with E-state index in [4.69, 9.17) is 0 Å². The number of rotatable bonds is 6. The van der Waals surface area contributed by atoms with Crippen molar-refractivity contribution in [1.29, 1.82) is 0 Å². The third-order valence-electron chi connectivity index (χ3n) is 0.705. The average Bonchev–Trinajstić information content (AvgIpc) is 1.89. The summed E-state index contributed by atoms with van der Waals surface area (Å²) in [6, 6.07) is 0. The Morgan fingerprint density at radius 3 is 1.78 bits per heavy atom. The van der Waals surface area contributed by atoms with E-state index in [0.717, 1.165) is 12.6 Å². The second kappa shape index (κ2) is 7.26. The summed E-state index contributed by atoms with van der Waals surface area (Å²) in [5, 5.41) is 5.46. The molecule has 0 heterocycles. The predicted molar refractivity (Wildman–Crippen MR) is 33.0 cm³/mol. The molecule has 0 atom stereocenters. The van der Waals surface area contributed by atoms with Crippen LogP contribution in [0, 0.1) is 0 Å². The van der Waals surface area contributed by atoms with Gasteiger partial charge in [-0.2, -0.15) is 0 Å². The minimum atomic E-state index is 0.325. The third kappa shape index (κ3) is 7.26. The number of hydrogen-bond acceptors (Lipinski definition) is 4. The zero-order valence-corrected chi connectivity index (χ0v) is 5.09. The Labute approximate surface area is 53.6 Å². The van der Waals surface area contributed by atoms with Crippen molar-refractivity contribution < 1.29 is 9.59 Å². The Hall–Kier alpha value is -0.740. The summed E-state index contributed by atoms with van der Waals surface area (Å²) in [5.41, 5.74) is 0. The highest BCUT2D eigenvalue weighted by Crippen LogP contribution is 1.49. The van der Waals surface area contributed by atoms with Crippen LogP contribution in [0.4, 0.5) is 0 Å². The smallest absolute Gasteiger partial charge is 0.133 e. The van der Waals surface area contributed by atoms with E-state index in [1.165, 1.54) is 0 Å². The van der Waals surface area contributed by atoms with Crippen molar-refractivity contribution in [1.82, 2.24) is 10.6 Å². The molecule has 0 rings (SSSR count). The van der Waals surface area contributed by atoms with Gasteiger partial charge in [-0.3, -0.25) is 10.6 Å². The quantitative estimate of drug-likeness (QED) is 0.261. The standard InChI is InChI=1S/C5H10N2O2/c8-3-1-6-5-7-2-4-9/h3-4,6-7H,1-2,5H2. The number of carbonyl (C=O) groups is 2. The molecule has 4 nitrogen and oxygen atoms in total. The van der Waals surface area contributed by atoms with E-state index in [9.17, 15) is 9.59 Å². The van der Waals surface area contributed by atoms with Crippen molar-refractivity contribution in [3.8, 4) is 0 Å². The van der Waals surface area contributed by atoms with Crippen molar-refractivity contribution in [3.63, 3.8) is 0 Å². The second-order valence-electron chi connectivity index (χ2n) is 1.42. The Balaban J connectivity index is 2.74. The zero-order chi connectivity index (χ0) is 6.95. The van der Waals surface area contributed by atoms with Crippen LogP contribution in [0.25, 0.3) is 0 Å². The van der Waals surface area contributed by atoms with Crippen molar-refractivity contribution in [2.45, 2.75) is 0 Å². The lowest BCUT2D eigenvalue weighted by molar-refractivity contribution is -0.107. The van der Waals surface area contributed by atoms with Gasteiger partial charge < -0.3 is 9.59 Å². The molecule has 0 spiro atoms. The van der Waals surface area contributed by atoms with Gasteiger partial charge in [0.2, 0.25) is 0 Å². The highest BCUT2D eigenvalue weighted by molar-refractivity contribution is 5.52. The van der Waals surface area contributed by atoms with E-state index in [1.54, 1.807) is 0 Å². The Morgan fingerprint density at radius 2 is 1.44 bits per heavy atom. The van der Waals surface area contributed by atoms with Gasteiger partial charge >= 0.3 is 0 Å². The summed E-state index contributed by atoms with van der Waals surface area (Å²) in [4.78, 5) is 19.4. The molecule has 0 aliphatic rings. The minimum absolute atomic E-state index is 0.325. The summed E-state index contributed by atoms with van der Waals surface area (Å²) < 4.78 is 0. The van der Waals surface area contributed by atoms with Gasteiger partial charge in [0.15, 0.2) is 0 Å². The van der Waals surface area contributed by atoms with Crippen LogP contribution in [-0.4, -0.2) is 32.3 Å². The van der Waals surface area contributed by atoms with Crippen molar-refractivity contribution in [2.75, 3.05) is 19.8 Å². The van der Waals surface area contributed by atoms with Gasteiger partial charge in [-0.1, -0.05) is 0 Å². The molecule has 0 fully saturated rings. The second-order valence-corrected chi connectivity index (χ2v) is 1.42.